The first-order chi connectivity index (χ1) is 10.3. The molecule has 1 aromatic heterocycles. The van der Waals surface area contributed by atoms with E-state index in [1.165, 1.54) is 0 Å². The van der Waals surface area contributed by atoms with Gasteiger partial charge >= 0.3 is 6.09 Å². The maximum absolute atomic E-state index is 12.0. The van der Waals surface area contributed by atoms with Crippen molar-refractivity contribution in [1.29, 1.82) is 0 Å². The Morgan fingerprint density at radius 3 is 2.86 bits per heavy atom. The Bertz CT molecular complexity index is 484. The summed E-state index contributed by atoms with van der Waals surface area (Å²) in [6, 6.07) is 5.82. The summed E-state index contributed by atoms with van der Waals surface area (Å²) in [6.45, 7) is 9.73. The van der Waals surface area contributed by atoms with Gasteiger partial charge in [-0.3, -0.25) is 4.98 Å². The number of hydrogen-bond acceptors (Lipinski definition) is 4. The van der Waals surface area contributed by atoms with Crippen LogP contribution < -0.4 is 0 Å². The number of carbonyl (C=O) groups is 1. The van der Waals surface area contributed by atoms with Gasteiger partial charge < -0.3 is 14.4 Å². The van der Waals surface area contributed by atoms with Crippen LogP contribution in [0.1, 0.15) is 45.9 Å². The summed E-state index contributed by atoms with van der Waals surface area (Å²) in [5.41, 5.74) is 0.489. The Kier molecular flexibility index (Phi) is 5.40. The highest BCUT2D eigenvalue weighted by molar-refractivity contribution is 5.68. The SMILES string of the molecule is C[C@@H](OC[C@@H]1CCN(C(=O)OC(C)(C)C)C1)c1ccccn1. The summed E-state index contributed by atoms with van der Waals surface area (Å²) in [5, 5.41) is 0. The van der Waals surface area contributed by atoms with Gasteiger partial charge in [0, 0.05) is 25.2 Å². The highest BCUT2D eigenvalue weighted by atomic mass is 16.6. The van der Waals surface area contributed by atoms with Crippen molar-refractivity contribution in [3.63, 3.8) is 0 Å². The molecule has 1 fully saturated rings. The highest BCUT2D eigenvalue weighted by Gasteiger charge is 2.30. The first-order valence-electron chi connectivity index (χ1n) is 7.85. The molecule has 2 heterocycles. The number of nitrogens with zero attached hydrogens (tertiary/aromatic N) is 2. The van der Waals surface area contributed by atoms with Crippen molar-refractivity contribution < 1.29 is 14.3 Å². The van der Waals surface area contributed by atoms with E-state index < -0.39 is 5.60 Å². The topological polar surface area (TPSA) is 51.7 Å². The molecule has 22 heavy (non-hydrogen) atoms. The van der Waals surface area contributed by atoms with Crippen LogP contribution in [-0.2, 0) is 9.47 Å². The minimum Gasteiger partial charge on any atom is -0.444 e. The van der Waals surface area contributed by atoms with Crippen molar-refractivity contribution in [3.8, 4) is 0 Å². The molecule has 2 atom stereocenters. The first kappa shape index (κ1) is 16.7. The molecular formula is C17H26N2O3. The van der Waals surface area contributed by atoms with Crippen molar-refractivity contribution in [2.24, 2.45) is 5.92 Å². The van der Waals surface area contributed by atoms with Gasteiger partial charge in [0.15, 0.2) is 0 Å². The second kappa shape index (κ2) is 7.09. The van der Waals surface area contributed by atoms with Crippen molar-refractivity contribution in [2.75, 3.05) is 19.7 Å². The number of ether oxygens (including phenoxy) is 2. The standard InChI is InChI=1S/C17H26N2O3/c1-13(15-7-5-6-9-18-15)21-12-14-8-10-19(11-14)16(20)22-17(2,3)4/h5-7,9,13-14H,8,10-12H2,1-4H3/t13-,14-/m1/s1. The Hall–Kier alpha value is -1.62. The van der Waals surface area contributed by atoms with E-state index in [1.54, 1.807) is 11.1 Å². The molecule has 1 saturated heterocycles. The fourth-order valence-corrected chi connectivity index (χ4v) is 2.44. The maximum Gasteiger partial charge on any atom is 0.410 e. The molecule has 0 N–H and O–H groups in total. The summed E-state index contributed by atoms with van der Waals surface area (Å²) >= 11 is 0. The predicted octanol–water partition coefficient (Wildman–Crippen LogP) is 3.42. The Balaban J connectivity index is 1.76. The van der Waals surface area contributed by atoms with Gasteiger partial charge in [0.1, 0.15) is 5.60 Å². The lowest BCUT2D eigenvalue weighted by Gasteiger charge is -2.24. The van der Waals surface area contributed by atoms with Crippen LogP contribution in [0.15, 0.2) is 24.4 Å². The quantitative estimate of drug-likeness (QED) is 0.855. The molecule has 122 valence electrons. The highest BCUT2D eigenvalue weighted by Crippen LogP contribution is 2.22. The number of carbonyl (C=O) groups excluding carboxylic acids is 1. The van der Waals surface area contributed by atoms with E-state index in [1.807, 2.05) is 45.9 Å². The molecule has 0 aliphatic carbocycles. The van der Waals surface area contributed by atoms with Crippen LogP contribution in [0.3, 0.4) is 0 Å². The lowest BCUT2D eigenvalue weighted by Crippen LogP contribution is -2.35. The smallest absolute Gasteiger partial charge is 0.410 e. The van der Waals surface area contributed by atoms with E-state index in [0.29, 0.717) is 19.1 Å². The van der Waals surface area contributed by atoms with Gasteiger partial charge in [0.05, 0.1) is 18.4 Å². The molecule has 5 heteroatoms. The first-order valence-corrected chi connectivity index (χ1v) is 7.85. The number of amides is 1. The van der Waals surface area contributed by atoms with Crippen molar-refractivity contribution >= 4 is 6.09 Å². The molecule has 0 spiro atoms. The van der Waals surface area contributed by atoms with Crippen molar-refractivity contribution in [3.05, 3.63) is 30.1 Å². The molecule has 0 saturated carbocycles. The molecule has 1 aliphatic rings. The lowest BCUT2D eigenvalue weighted by atomic mass is 10.1. The Morgan fingerprint density at radius 2 is 2.23 bits per heavy atom. The van der Waals surface area contributed by atoms with E-state index >= 15 is 0 Å². The van der Waals surface area contributed by atoms with Crippen molar-refractivity contribution in [1.82, 2.24) is 9.88 Å². The van der Waals surface area contributed by atoms with Crippen LogP contribution in [-0.4, -0.2) is 41.3 Å². The van der Waals surface area contributed by atoms with E-state index in [0.717, 1.165) is 18.7 Å². The van der Waals surface area contributed by atoms with Gasteiger partial charge in [-0.05, 0) is 46.2 Å². The summed E-state index contributed by atoms with van der Waals surface area (Å²) in [5.74, 6) is 0.360. The number of rotatable bonds is 4. The molecule has 1 aromatic rings. The van der Waals surface area contributed by atoms with Crippen LogP contribution in [0.25, 0.3) is 0 Å². The fraction of sp³-hybridized carbons (Fsp3) is 0.647. The van der Waals surface area contributed by atoms with Gasteiger partial charge in [-0.1, -0.05) is 6.07 Å². The number of hydrogen-bond donors (Lipinski definition) is 0. The van der Waals surface area contributed by atoms with E-state index in [4.69, 9.17) is 9.47 Å². The largest absolute Gasteiger partial charge is 0.444 e. The molecule has 1 amide bonds. The van der Waals surface area contributed by atoms with Crippen LogP contribution in [0, 0.1) is 5.92 Å². The summed E-state index contributed by atoms with van der Waals surface area (Å²) < 4.78 is 11.3. The van der Waals surface area contributed by atoms with E-state index in [2.05, 4.69) is 4.98 Å². The molecule has 5 nitrogen and oxygen atoms in total. The van der Waals surface area contributed by atoms with E-state index in [9.17, 15) is 4.79 Å². The van der Waals surface area contributed by atoms with Gasteiger partial charge in [-0.25, -0.2) is 4.79 Å². The molecule has 0 aromatic carbocycles. The predicted molar refractivity (Wildman–Crippen MR) is 84.5 cm³/mol. The maximum atomic E-state index is 12.0. The summed E-state index contributed by atoms with van der Waals surface area (Å²) in [6.07, 6.45) is 2.47. The Morgan fingerprint density at radius 1 is 1.45 bits per heavy atom. The summed E-state index contributed by atoms with van der Waals surface area (Å²) in [4.78, 5) is 18.1. The zero-order valence-electron chi connectivity index (χ0n) is 13.9. The third-order valence-corrected chi connectivity index (χ3v) is 3.62. The summed E-state index contributed by atoms with van der Waals surface area (Å²) in [7, 11) is 0. The minimum atomic E-state index is -0.445. The average Bonchev–Trinajstić information content (AvgIpc) is 2.93. The van der Waals surface area contributed by atoms with Gasteiger partial charge in [-0.2, -0.15) is 0 Å². The molecule has 1 aliphatic heterocycles. The normalized spacial score (nSPS) is 20.0. The van der Waals surface area contributed by atoms with Crippen molar-refractivity contribution in [2.45, 2.75) is 45.8 Å². The zero-order chi connectivity index (χ0) is 16.2. The van der Waals surface area contributed by atoms with Crippen LogP contribution in [0.5, 0.6) is 0 Å². The number of aromatic nitrogens is 1. The average molecular weight is 306 g/mol. The van der Waals surface area contributed by atoms with Gasteiger partial charge in [0.25, 0.3) is 0 Å². The van der Waals surface area contributed by atoms with E-state index in [-0.39, 0.29) is 12.2 Å². The van der Waals surface area contributed by atoms with Crippen LogP contribution in [0.4, 0.5) is 4.79 Å². The molecular weight excluding hydrogens is 280 g/mol. The molecule has 0 bridgehead atoms. The van der Waals surface area contributed by atoms with Crippen LogP contribution in [0.2, 0.25) is 0 Å². The second-order valence-corrected chi connectivity index (χ2v) is 6.81. The molecule has 2 rings (SSSR count). The lowest BCUT2D eigenvalue weighted by molar-refractivity contribution is 0.0228. The number of pyridine rings is 1. The molecule has 0 radical (unpaired) electrons. The monoisotopic (exact) mass is 306 g/mol. The third-order valence-electron chi connectivity index (χ3n) is 3.62. The van der Waals surface area contributed by atoms with Gasteiger partial charge in [-0.15, -0.1) is 0 Å². The van der Waals surface area contributed by atoms with Gasteiger partial charge in [0.2, 0.25) is 0 Å². The molecule has 0 unspecified atom stereocenters. The Labute approximate surface area is 132 Å². The third kappa shape index (κ3) is 4.98. The zero-order valence-corrected chi connectivity index (χ0v) is 13.9. The minimum absolute atomic E-state index is 0.0308. The number of likely N-dealkylation sites (tertiary alicyclic amines) is 1. The van der Waals surface area contributed by atoms with Crippen LogP contribution >= 0.6 is 0 Å². The second-order valence-electron chi connectivity index (χ2n) is 6.81. The fourth-order valence-electron chi connectivity index (χ4n) is 2.44.